The smallest absolute Gasteiger partial charge is 0.362 e. The number of amides is 1. The van der Waals surface area contributed by atoms with Gasteiger partial charge in [-0.15, -0.1) is 0 Å². The average Bonchev–Trinajstić information content (AvgIpc) is 2.41. The number of nitrogens with zero attached hydrogens (tertiary/aromatic N) is 3. The predicted molar refractivity (Wildman–Crippen MR) is 73.3 cm³/mol. The number of rotatable bonds is 2. The number of carbonyl (C=O) groups excluding carboxylic acids is 1. The molecule has 0 bridgehead atoms. The van der Waals surface area contributed by atoms with Crippen LogP contribution in [0.15, 0.2) is 58.8 Å². The van der Waals surface area contributed by atoms with Crippen LogP contribution in [0.3, 0.4) is 0 Å². The van der Waals surface area contributed by atoms with Crippen LogP contribution in [0.1, 0.15) is 10.4 Å². The van der Waals surface area contributed by atoms with Crippen molar-refractivity contribution < 1.29 is 4.79 Å². The number of benzene rings is 2. The number of nitrogens with two attached hydrogens (primary N) is 1. The summed E-state index contributed by atoms with van der Waals surface area (Å²) in [5.41, 5.74) is 6.87. The van der Waals surface area contributed by atoms with E-state index in [0.717, 1.165) is 0 Å². The summed E-state index contributed by atoms with van der Waals surface area (Å²) in [7, 11) is 0. The van der Waals surface area contributed by atoms with Crippen molar-refractivity contribution in [2.45, 2.75) is 0 Å². The fourth-order valence-corrected chi connectivity index (χ4v) is 1.49. The van der Waals surface area contributed by atoms with Crippen LogP contribution in [0.4, 0.5) is 11.4 Å². The molecule has 0 aliphatic carbocycles. The number of hydrogen-bond donors (Lipinski definition) is 1. The third-order valence-electron chi connectivity index (χ3n) is 2.31. The number of hydrogen-bond acceptors (Lipinski definition) is 3. The SMILES string of the molecule is Nc1ccccc1C(=O)N=[N+]=Nc1ccc(Cl)cc1. The largest absolute Gasteiger partial charge is 0.398 e. The maximum atomic E-state index is 11.7. The van der Waals surface area contributed by atoms with Crippen molar-refractivity contribution in [3.8, 4) is 0 Å². The van der Waals surface area contributed by atoms with Crippen LogP contribution in [0.2, 0.25) is 5.02 Å². The molecule has 5 nitrogen and oxygen atoms in total. The maximum Gasteiger partial charge on any atom is 0.362 e. The van der Waals surface area contributed by atoms with Crippen molar-refractivity contribution in [2.75, 3.05) is 5.73 Å². The van der Waals surface area contributed by atoms with Gasteiger partial charge in [0.1, 0.15) is 0 Å². The molecule has 2 aromatic carbocycles. The number of nitrogen functional groups attached to an aromatic ring is 1. The lowest BCUT2D eigenvalue weighted by Gasteiger charge is -1.94. The van der Waals surface area contributed by atoms with Gasteiger partial charge in [0.15, 0.2) is 10.8 Å². The van der Waals surface area contributed by atoms with Crippen molar-refractivity contribution in [2.24, 2.45) is 10.2 Å². The highest BCUT2D eigenvalue weighted by molar-refractivity contribution is 6.30. The number of anilines is 1. The maximum absolute atomic E-state index is 11.7. The summed E-state index contributed by atoms with van der Waals surface area (Å²) in [6.07, 6.45) is 0. The Hall–Kier alpha value is -2.49. The van der Waals surface area contributed by atoms with Crippen LogP contribution < -0.4 is 10.6 Å². The van der Waals surface area contributed by atoms with E-state index in [1.54, 1.807) is 48.5 Å². The molecule has 0 saturated heterocycles. The monoisotopic (exact) mass is 273 g/mol. The van der Waals surface area contributed by atoms with Crippen LogP contribution >= 0.6 is 11.6 Å². The third kappa shape index (κ3) is 3.48. The van der Waals surface area contributed by atoms with E-state index in [0.29, 0.717) is 22.0 Å². The van der Waals surface area contributed by atoms with Gasteiger partial charge in [-0.25, -0.2) is 0 Å². The van der Waals surface area contributed by atoms with Crippen molar-refractivity contribution in [3.05, 3.63) is 59.1 Å². The number of halogens is 1. The van der Waals surface area contributed by atoms with Gasteiger partial charge in [0, 0.05) is 10.7 Å². The summed E-state index contributed by atoms with van der Waals surface area (Å²) in [4.78, 5) is 15.2. The molecule has 2 N–H and O–H groups in total. The van der Waals surface area contributed by atoms with Gasteiger partial charge in [-0.2, -0.15) is 0 Å². The van der Waals surface area contributed by atoms with E-state index in [2.05, 4.69) is 15.1 Å². The van der Waals surface area contributed by atoms with E-state index in [9.17, 15) is 4.79 Å². The van der Waals surface area contributed by atoms with E-state index in [4.69, 9.17) is 17.3 Å². The lowest BCUT2D eigenvalue weighted by molar-refractivity contribution is 0.0993. The third-order valence-corrected chi connectivity index (χ3v) is 2.57. The van der Waals surface area contributed by atoms with Crippen molar-refractivity contribution >= 4 is 28.9 Å². The Bertz CT molecular complexity index is 661. The highest BCUT2D eigenvalue weighted by Crippen LogP contribution is 2.15. The fourth-order valence-electron chi connectivity index (χ4n) is 1.37. The van der Waals surface area contributed by atoms with Gasteiger partial charge >= 0.3 is 5.91 Å². The van der Waals surface area contributed by atoms with Gasteiger partial charge in [0.25, 0.3) is 0 Å². The Morgan fingerprint density at radius 3 is 2.47 bits per heavy atom. The topological polar surface area (TPSA) is 81.9 Å². The molecule has 0 aliphatic rings. The van der Waals surface area contributed by atoms with Crippen molar-refractivity contribution in [1.29, 1.82) is 0 Å². The molecule has 0 unspecified atom stereocenters. The minimum Gasteiger partial charge on any atom is -0.398 e. The molecule has 0 atom stereocenters. The van der Waals surface area contributed by atoms with Crippen LogP contribution in [0.25, 0.3) is 0 Å². The van der Waals surface area contributed by atoms with Gasteiger partial charge < -0.3 is 5.73 Å². The summed E-state index contributed by atoms with van der Waals surface area (Å²) < 4.78 is 0. The zero-order valence-corrected chi connectivity index (χ0v) is 10.6. The van der Waals surface area contributed by atoms with Crippen LogP contribution in [-0.2, 0) is 0 Å². The second-order valence-electron chi connectivity index (χ2n) is 3.66. The molecule has 1 amide bonds. The summed E-state index contributed by atoms with van der Waals surface area (Å²) in [5, 5.41) is 7.86. The second-order valence-corrected chi connectivity index (χ2v) is 4.09. The molecule has 0 spiro atoms. The van der Waals surface area contributed by atoms with E-state index < -0.39 is 5.91 Å². The first kappa shape index (κ1) is 13.0. The molecule has 2 aromatic rings. The quantitative estimate of drug-likeness (QED) is 0.517. The normalized spacial score (nSPS) is 9.53. The molecule has 94 valence electrons. The standard InChI is InChI=1S/C13H9ClN4O/c14-9-5-7-10(8-6-9)16-18-17-13(19)11-3-1-2-4-12(11)15/h1-8H,(H-,15,19)/p+1. The Morgan fingerprint density at radius 1 is 1.11 bits per heavy atom. The minimum absolute atomic E-state index is 0.303. The first-order chi connectivity index (χ1) is 9.16. The first-order valence-electron chi connectivity index (χ1n) is 5.43. The predicted octanol–water partition coefficient (Wildman–Crippen LogP) is 3.37. The van der Waals surface area contributed by atoms with Crippen molar-refractivity contribution in [1.82, 2.24) is 4.91 Å². The summed E-state index contributed by atoms with van der Waals surface area (Å²) in [6.45, 7) is 0. The zero-order chi connectivity index (χ0) is 13.7. The Kier molecular flexibility index (Phi) is 4.03. The summed E-state index contributed by atoms with van der Waals surface area (Å²) >= 11 is 5.73. The minimum atomic E-state index is -0.532. The highest BCUT2D eigenvalue weighted by atomic mass is 35.5. The van der Waals surface area contributed by atoms with E-state index >= 15 is 0 Å². The van der Waals surface area contributed by atoms with Crippen LogP contribution in [-0.4, -0.2) is 5.91 Å². The lowest BCUT2D eigenvalue weighted by Crippen LogP contribution is -2.00. The first-order valence-corrected chi connectivity index (χ1v) is 5.81. The molecule has 0 aliphatic heterocycles. The fraction of sp³-hybridized carbons (Fsp3) is 0. The van der Waals surface area contributed by atoms with Gasteiger partial charge in [-0.05, 0) is 36.4 Å². The molecular weight excluding hydrogens is 264 g/mol. The number of para-hydroxylation sites is 1. The van der Waals surface area contributed by atoms with Crippen LogP contribution in [0.5, 0.6) is 0 Å². The van der Waals surface area contributed by atoms with Gasteiger partial charge in [0.2, 0.25) is 10.0 Å². The van der Waals surface area contributed by atoms with E-state index in [-0.39, 0.29) is 0 Å². The summed E-state index contributed by atoms with van der Waals surface area (Å²) in [5.74, 6) is -0.532. The van der Waals surface area contributed by atoms with Crippen LogP contribution in [0, 0.1) is 0 Å². The van der Waals surface area contributed by atoms with Crippen molar-refractivity contribution in [3.63, 3.8) is 0 Å². The van der Waals surface area contributed by atoms with Gasteiger partial charge in [-0.3, -0.25) is 4.79 Å². The highest BCUT2D eigenvalue weighted by Gasteiger charge is 2.12. The molecule has 0 saturated carbocycles. The molecule has 6 heteroatoms. The van der Waals surface area contributed by atoms with E-state index in [1.165, 1.54) is 0 Å². The molecule has 0 radical (unpaired) electrons. The summed E-state index contributed by atoms with van der Waals surface area (Å²) in [6, 6.07) is 13.3. The molecule has 2 rings (SSSR count). The number of carbonyl (C=O) groups is 1. The Morgan fingerprint density at radius 2 is 1.79 bits per heavy atom. The average molecular weight is 274 g/mol. The Labute approximate surface area is 114 Å². The molecule has 0 fully saturated rings. The zero-order valence-electron chi connectivity index (χ0n) is 9.82. The molecule has 0 heterocycles. The molecular formula is C13H10ClN4O+. The second kappa shape index (κ2) is 5.91. The Balaban J connectivity index is 2.17. The van der Waals surface area contributed by atoms with Gasteiger partial charge in [0.05, 0.1) is 5.56 Å². The molecule has 19 heavy (non-hydrogen) atoms. The van der Waals surface area contributed by atoms with Gasteiger partial charge in [-0.1, -0.05) is 23.7 Å². The lowest BCUT2D eigenvalue weighted by atomic mass is 10.2. The van der Waals surface area contributed by atoms with E-state index in [1.807, 2.05) is 0 Å². The molecule has 0 aromatic heterocycles.